The molecule has 2 fully saturated rings. The second kappa shape index (κ2) is 3.35. The fraction of sp³-hybridized carbons (Fsp3) is 0.778. The molecule has 0 atom stereocenters. The Hall–Kier alpha value is -0.370. The smallest absolute Gasteiger partial charge is 0.166 e. The Labute approximate surface area is 67.9 Å². The van der Waals surface area contributed by atoms with Gasteiger partial charge in [-0.3, -0.25) is 0 Å². The van der Waals surface area contributed by atoms with Crippen molar-refractivity contribution in [2.24, 2.45) is 0 Å². The Morgan fingerprint density at radius 3 is 2.73 bits per heavy atom. The van der Waals surface area contributed by atoms with Crippen LogP contribution in [0.1, 0.15) is 19.3 Å². The van der Waals surface area contributed by atoms with Gasteiger partial charge in [-0.1, -0.05) is 0 Å². The van der Waals surface area contributed by atoms with Crippen LogP contribution >= 0.6 is 0 Å². The lowest BCUT2D eigenvalue weighted by Gasteiger charge is -2.12. The maximum absolute atomic E-state index is 5.29. The average Bonchev–Trinajstić information content (AvgIpc) is 2.58. The first-order valence-electron chi connectivity index (χ1n) is 4.48. The van der Waals surface area contributed by atoms with Crippen LogP contribution in [0.25, 0.3) is 0 Å². The quantitative estimate of drug-likeness (QED) is 0.470. The van der Waals surface area contributed by atoms with Crippen LogP contribution in [0, 0.1) is 6.42 Å². The van der Waals surface area contributed by atoms with Gasteiger partial charge in [-0.15, -0.1) is 0 Å². The lowest BCUT2D eigenvalue weighted by molar-refractivity contribution is -0.549. The number of hydrogen-bond donors (Lipinski definition) is 0. The molecule has 1 heterocycles. The Kier molecular flexibility index (Phi) is 2.22. The zero-order valence-corrected chi connectivity index (χ0v) is 6.88. The molecule has 0 bridgehead atoms. The van der Waals surface area contributed by atoms with Crippen molar-refractivity contribution in [1.29, 1.82) is 0 Å². The van der Waals surface area contributed by atoms with E-state index in [9.17, 15) is 0 Å². The summed E-state index contributed by atoms with van der Waals surface area (Å²) in [7, 11) is 0. The number of ether oxygens (including phenoxy) is 1. The molecule has 11 heavy (non-hydrogen) atoms. The molecule has 0 aromatic rings. The van der Waals surface area contributed by atoms with Gasteiger partial charge in [-0.05, 0) is 12.8 Å². The van der Waals surface area contributed by atoms with Gasteiger partial charge in [0.25, 0.3) is 0 Å². The van der Waals surface area contributed by atoms with Gasteiger partial charge in [0.2, 0.25) is 0 Å². The summed E-state index contributed by atoms with van der Waals surface area (Å²) in [5.74, 6) is 0. The molecule has 1 saturated carbocycles. The van der Waals surface area contributed by atoms with Crippen LogP contribution in [0.4, 0.5) is 0 Å². The van der Waals surface area contributed by atoms with E-state index in [0.29, 0.717) is 0 Å². The fourth-order valence-electron chi connectivity index (χ4n) is 1.79. The number of nitrogens with zero attached hydrogens (tertiary/aromatic N) is 1. The molecule has 0 aromatic heterocycles. The minimum absolute atomic E-state index is 0.914. The predicted octanol–water partition coefficient (Wildman–Crippen LogP) is 0.858. The van der Waals surface area contributed by atoms with Crippen LogP contribution in [0.3, 0.4) is 0 Å². The maximum Gasteiger partial charge on any atom is 0.166 e. The van der Waals surface area contributed by atoms with E-state index < -0.39 is 0 Å². The molecule has 0 spiro atoms. The van der Waals surface area contributed by atoms with E-state index in [1.54, 1.807) is 5.71 Å². The molecule has 0 N–H and O–H groups in total. The summed E-state index contributed by atoms with van der Waals surface area (Å²) in [6.45, 7) is 4.03. The SMILES string of the molecule is [CH]1CCCC1=[N+]1CCOCC1. The van der Waals surface area contributed by atoms with Gasteiger partial charge < -0.3 is 4.74 Å². The average molecular weight is 153 g/mol. The largest absolute Gasteiger partial charge is 0.368 e. The normalized spacial score (nSPS) is 26.2. The third-order valence-corrected chi connectivity index (χ3v) is 2.43. The van der Waals surface area contributed by atoms with Gasteiger partial charge >= 0.3 is 0 Å². The monoisotopic (exact) mass is 153 g/mol. The molecule has 0 amide bonds. The molecule has 0 unspecified atom stereocenters. The summed E-state index contributed by atoms with van der Waals surface area (Å²) >= 11 is 0. The number of rotatable bonds is 0. The maximum atomic E-state index is 5.29. The molecule has 1 saturated heterocycles. The molecular formula is C9H15NO+. The van der Waals surface area contributed by atoms with Crippen LogP contribution < -0.4 is 0 Å². The Bertz CT molecular complexity index is 158. The molecule has 0 aromatic carbocycles. The first-order valence-corrected chi connectivity index (χ1v) is 4.48. The highest BCUT2D eigenvalue weighted by atomic mass is 16.5. The van der Waals surface area contributed by atoms with E-state index in [0.717, 1.165) is 26.3 Å². The highest BCUT2D eigenvalue weighted by Crippen LogP contribution is 2.13. The van der Waals surface area contributed by atoms with Crippen LogP contribution in [0.15, 0.2) is 0 Å². The van der Waals surface area contributed by atoms with Gasteiger partial charge in [0.05, 0.1) is 6.42 Å². The summed E-state index contributed by atoms with van der Waals surface area (Å²) in [6.07, 6.45) is 6.31. The van der Waals surface area contributed by atoms with Crippen molar-refractivity contribution in [1.82, 2.24) is 0 Å². The zero-order chi connectivity index (χ0) is 7.52. The Morgan fingerprint density at radius 2 is 2.09 bits per heavy atom. The molecule has 2 nitrogen and oxygen atoms in total. The first kappa shape index (κ1) is 7.29. The molecule has 2 heteroatoms. The van der Waals surface area contributed by atoms with Crippen molar-refractivity contribution in [3.8, 4) is 0 Å². The molecule has 1 radical (unpaired) electrons. The van der Waals surface area contributed by atoms with Crippen molar-refractivity contribution in [2.75, 3.05) is 26.3 Å². The molecule has 2 rings (SSSR count). The lowest BCUT2D eigenvalue weighted by Crippen LogP contribution is -2.32. The first-order chi connectivity index (χ1) is 5.47. The molecule has 1 aliphatic carbocycles. The molecule has 1 aliphatic heterocycles. The van der Waals surface area contributed by atoms with Gasteiger partial charge in [-0.2, -0.15) is 0 Å². The zero-order valence-electron chi connectivity index (χ0n) is 6.88. The van der Waals surface area contributed by atoms with Gasteiger partial charge in [0, 0.05) is 6.42 Å². The number of morpholine rings is 1. The van der Waals surface area contributed by atoms with E-state index >= 15 is 0 Å². The summed E-state index contributed by atoms with van der Waals surface area (Å²) in [5, 5.41) is 0. The van der Waals surface area contributed by atoms with E-state index in [-0.39, 0.29) is 0 Å². The lowest BCUT2D eigenvalue weighted by atomic mass is 10.3. The summed E-state index contributed by atoms with van der Waals surface area (Å²) < 4.78 is 7.76. The van der Waals surface area contributed by atoms with E-state index in [4.69, 9.17) is 4.74 Å². The second-order valence-electron chi connectivity index (χ2n) is 3.19. The third kappa shape index (κ3) is 1.62. The highest BCUT2D eigenvalue weighted by molar-refractivity contribution is 5.89. The van der Waals surface area contributed by atoms with Crippen LogP contribution in [0.2, 0.25) is 0 Å². The van der Waals surface area contributed by atoms with Crippen molar-refractivity contribution >= 4 is 5.71 Å². The van der Waals surface area contributed by atoms with Crippen molar-refractivity contribution < 1.29 is 9.31 Å². The molecular weight excluding hydrogens is 138 g/mol. The minimum atomic E-state index is 0.914. The topological polar surface area (TPSA) is 12.2 Å². The van der Waals surface area contributed by atoms with Gasteiger partial charge in [0.1, 0.15) is 13.2 Å². The summed E-state index contributed by atoms with van der Waals surface area (Å²) in [4.78, 5) is 0. The standard InChI is InChI=1S/C9H15NO/c1-2-4-9(3-1)10-5-7-11-8-6-10/h3H,1-2,4-8H2/q+1. The predicted molar refractivity (Wildman–Crippen MR) is 44.0 cm³/mol. The van der Waals surface area contributed by atoms with E-state index in [1.165, 1.54) is 19.3 Å². The highest BCUT2D eigenvalue weighted by Gasteiger charge is 2.21. The fourth-order valence-corrected chi connectivity index (χ4v) is 1.79. The second-order valence-corrected chi connectivity index (χ2v) is 3.19. The van der Waals surface area contributed by atoms with E-state index in [1.807, 2.05) is 0 Å². The molecule has 2 aliphatic rings. The van der Waals surface area contributed by atoms with Crippen LogP contribution in [-0.2, 0) is 4.74 Å². The van der Waals surface area contributed by atoms with Gasteiger partial charge in [0.15, 0.2) is 18.8 Å². The van der Waals surface area contributed by atoms with Crippen LogP contribution in [0.5, 0.6) is 0 Å². The Balaban J connectivity index is 2.03. The van der Waals surface area contributed by atoms with Gasteiger partial charge in [-0.25, -0.2) is 4.58 Å². The van der Waals surface area contributed by atoms with Crippen molar-refractivity contribution in [3.63, 3.8) is 0 Å². The minimum Gasteiger partial charge on any atom is -0.368 e. The summed E-state index contributed by atoms with van der Waals surface area (Å²) in [6, 6.07) is 0. The summed E-state index contributed by atoms with van der Waals surface area (Å²) in [5.41, 5.74) is 1.56. The van der Waals surface area contributed by atoms with Crippen LogP contribution in [-0.4, -0.2) is 36.6 Å². The third-order valence-electron chi connectivity index (χ3n) is 2.43. The number of hydrogen-bond acceptors (Lipinski definition) is 1. The van der Waals surface area contributed by atoms with Crippen molar-refractivity contribution in [3.05, 3.63) is 6.42 Å². The van der Waals surface area contributed by atoms with Crippen molar-refractivity contribution in [2.45, 2.75) is 19.3 Å². The van der Waals surface area contributed by atoms with E-state index in [2.05, 4.69) is 11.0 Å². The Morgan fingerprint density at radius 1 is 1.27 bits per heavy atom. The molecule has 61 valence electrons.